The van der Waals surface area contributed by atoms with Gasteiger partial charge in [-0.15, -0.1) is 0 Å². The van der Waals surface area contributed by atoms with Crippen molar-refractivity contribution < 1.29 is 33.8 Å². The van der Waals surface area contributed by atoms with Crippen LogP contribution in [0.25, 0.3) is 0 Å². The lowest BCUT2D eigenvalue weighted by Crippen LogP contribution is -2.58. The molecule has 1 aromatic heterocycles. The van der Waals surface area contributed by atoms with Crippen LogP contribution in [0, 0.1) is 0 Å². The smallest absolute Gasteiger partial charge is 0.408 e. The van der Waals surface area contributed by atoms with Crippen LogP contribution in [0.1, 0.15) is 72.1 Å². The molecule has 2 aromatic carbocycles. The summed E-state index contributed by atoms with van der Waals surface area (Å²) in [6.45, 7) is 8.17. The van der Waals surface area contributed by atoms with Crippen LogP contribution < -0.4 is 20.7 Å². The maximum absolute atomic E-state index is 13.5. The van der Waals surface area contributed by atoms with Gasteiger partial charge in [0.05, 0.1) is 19.0 Å². The molecule has 1 unspecified atom stereocenters. The summed E-state index contributed by atoms with van der Waals surface area (Å²) in [4.78, 5) is 51.3. The van der Waals surface area contributed by atoms with Crippen molar-refractivity contribution in [2.45, 2.75) is 84.5 Å². The maximum Gasteiger partial charge on any atom is 0.408 e. The highest BCUT2D eigenvalue weighted by Crippen LogP contribution is 2.23. The van der Waals surface area contributed by atoms with Crippen molar-refractivity contribution >= 4 is 29.6 Å². The van der Waals surface area contributed by atoms with E-state index in [9.17, 15) is 24.3 Å². The first-order chi connectivity index (χ1) is 20.7. The highest BCUT2D eigenvalue weighted by molar-refractivity contribution is 5.99. The fourth-order valence-corrected chi connectivity index (χ4v) is 4.35. The molecule has 0 radical (unpaired) electrons. The van der Waals surface area contributed by atoms with Gasteiger partial charge in [-0.25, -0.2) is 9.59 Å². The molecule has 244 valence electrons. The lowest BCUT2D eigenvalue weighted by Gasteiger charge is -2.29. The Hall–Kier alpha value is -4.87. The standard InChI is InChI=1S/C32H41N5O7.CH4/c1-31(2,3)44-30(42)36-32(4,5)29(41)35-25(14-10-13-21-11-8-7-9-12-21)27(38)34-23-19-33-37(20-23)26(28(39)40)22-15-17-24(43-6)18-16-22;/h7-9,11-12,15-20,25-26H,10,13-14H2,1-6H3,(H,34,38)(H,35,41)(H,36,42)(H,39,40);1H4/t25-,26?;/m1./s1. The van der Waals surface area contributed by atoms with Crippen molar-refractivity contribution in [3.63, 3.8) is 0 Å². The largest absolute Gasteiger partial charge is 0.497 e. The number of carbonyl (C=O) groups excluding carboxylic acids is 3. The van der Waals surface area contributed by atoms with Gasteiger partial charge in [0, 0.05) is 6.20 Å². The van der Waals surface area contributed by atoms with Crippen molar-refractivity contribution in [2.24, 2.45) is 0 Å². The average Bonchev–Trinajstić information content (AvgIpc) is 3.39. The molecule has 0 saturated heterocycles. The number of hydrogen-bond acceptors (Lipinski definition) is 7. The Kier molecular flexibility index (Phi) is 12.7. The third kappa shape index (κ3) is 11.0. The molecule has 0 aliphatic heterocycles. The number of hydrogen-bond donors (Lipinski definition) is 4. The number of rotatable bonds is 13. The molecule has 2 atom stereocenters. The summed E-state index contributed by atoms with van der Waals surface area (Å²) in [6.07, 6.45) is 3.55. The fraction of sp³-hybridized carbons (Fsp3) is 0.424. The van der Waals surface area contributed by atoms with Gasteiger partial charge in [-0.05, 0) is 77.1 Å². The van der Waals surface area contributed by atoms with Gasteiger partial charge in [-0.1, -0.05) is 49.9 Å². The van der Waals surface area contributed by atoms with E-state index in [1.807, 2.05) is 30.3 Å². The first kappa shape index (κ1) is 36.3. The molecule has 12 nitrogen and oxygen atoms in total. The number of alkyl carbamates (subject to hydrolysis) is 1. The minimum Gasteiger partial charge on any atom is -0.497 e. The molecule has 12 heteroatoms. The molecule has 1 heterocycles. The predicted octanol–water partition coefficient (Wildman–Crippen LogP) is 4.95. The van der Waals surface area contributed by atoms with Crippen LogP contribution in [-0.2, 0) is 25.5 Å². The van der Waals surface area contributed by atoms with Crippen molar-refractivity contribution in [3.8, 4) is 5.75 Å². The van der Waals surface area contributed by atoms with E-state index in [4.69, 9.17) is 9.47 Å². The molecule has 0 saturated carbocycles. The van der Waals surface area contributed by atoms with E-state index < -0.39 is 47.1 Å². The number of nitrogens with one attached hydrogen (secondary N) is 3. The van der Waals surface area contributed by atoms with Crippen LogP contribution >= 0.6 is 0 Å². The van der Waals surface area contributed by atoms with Gasteiger partial charge in [0.2, 0.25) is 11.8 Å². The quantitative estimate of drug-likeness (QED) is 0.208. The van der Waals surface area contributed by atoms with Gasteiger partial charge in [0.25, 0.3) is 0 Å². The molecule has 45 heavy (non-hydrogen) atoms. The Labute approximate surface area is 264 Å². The van der Waals surface area contributed by atoms with Crippen LogP contribution in [-0.4, -0.2) is 63.1 Å². The third-order valence-corrected chi connectivity index (χ3v) is 6.60. The predicted molar refractivity (Wildman–Crippen MR) is 171 cm³/mol. The first-order valence-corrected chi connectivity index (χ1v) is 14.3. The first-order valence-electron chi connectivity index (χ1n) is 14.3. The number of amides is 3. The minimum atomic E-state index is -1.39. The van der Waals surface area contributed by atoms with Crippen LogP contribution in [0.2, 0.25) is 0 Å². The summed E-state index contributed by atoms with van der Waals surface area (Å²) in [6, 6.07) is 14.2. The van der Waals surface area contributed by atoms with Crippen LogP contribution in [0.3, 0.4) is 0 Å². The van der Waals surface area contributed by atoms with E-state index in [0.717, 1.165) is 5.56 Å². The maximum atomic E-state index is 13.5. The Morgan fingerprint density at radius 2 is 1.62 bits per heavy atom. The van der Waals surface area contributed by atoms with Gasteiger partial charge < -0.3 is 30.5 Å². The second kappa shape index (κ2) is 15.7. The zero-order valence-electron chi connectivity index (χ0n) is 25.9. The average molecular weight is 624 g/mol. The van der Waals surface area contributed by atoms with Crippen molar-refractivity contribution in [2.75, 3.05) is 12.4 Å². The summed E-state index contributed by atoms with van der Waals surface area (Å²) < 4.78 is 11.7. The number of carboxylic acid groups (broad SMARTS) is 1. The zero-order chi connectivity index (χ0) is 32.5. The van der Waals surface area contributed by atoms with Gasteiger partial charge in [0.1, 0.15) is 22.9 Å². The number of aryl methyl sites for hydroxylation is 1. The molecule has 3 rings (SSSR count). The topological polar surface area (TPSA) is 161 Å². The molecule has 0 spiro atoms. The number of aromatic nitrogens is 2. The number of aliphatic carboxylic acids is 1. The lowest BCUT2D eigenvalue weighted by atomic mass is 10.0. The van der Waals surface area contributed by atoms with E-state index in [-0.39, 0.29) is 13.1 Å². The molecule has 0 aliphatic carbocycles. The van der Waals surface area contributed by atoms with E-state index in [1.54, 1.807) is 45.0 Å². The molecule has 0 bridgehead atoms. The fourth-order valence-electron chi connectivity index (χ4n) is 4.35. The Balaban J connectivity index is 0.00000705. The van der Waals surface area contributed by atoms with Crippen LogP contribution in [0.15, 0.2) is 67.0 Å². The van der Waals surface area contributed by atoms with Crippen LogP contribution in [0.4, 0.5) is 10.5 Å². The summed E-state index contributed by atoms with van der Waals surface area (Å²) >= 11 is 0. The third-order valence-electron chi connectivity index (χ3n) is 6.60. The lowest BCUT2D eigenvalue weighted by molar-refractivity contribution is -0.139. The normalized spacial score (nSPS) is 12.6. The van der Waals surface area contributed by atoms with Gasteiger partial charge >= 0.3 is 12.1 Å². The summed E-state index contributed by atoms with van der Waals surface area (Å²) in [5.74, 6) is -1.65. The minimum absolute atomic E-state index is 0. The SMILES string of the molecule is C.COc1ccc(C(C(=O)O)n2cc(NC(=O)[C@@H](CCCc3ccccc3)NC(=O)C(C)(C)NC(=O)OC(C)(C)C)cn2)cc1. The summed E-state index contributed by atoms with van der Waals surface area (Å²) in [5.41, 5.74) is -0.343. The van der Waals surface area contributed by atoms with Crippen molar-refractivity contribution in [1.82, 2.24) is 20.4 Å². The molecular formula is C33H45N5O7. The molecule has 3 amide bonds. The number of ether oxygens (including phenoxy) is 2. The highest BCUT2D eigenvalue weighted by atomic mass is 16.6. The number of benzene rings is 2. The Bertz CT molecular complexity index is 1430. The van der Waals surface area contributed by atoms with E-state index >= 15 is 0 Å². The summed E-state index contributed by atoms with van der Waals surface area (Å²) in [7, 11) is 1.52. The Morgan fingerprint density at radius 1 is 0.978 bits per heavy atom. The molecule has 3 aromatic rings. The van der Waals surface area contributed by atoms with Gasteiger partial charge in [-0.3, -0.25) is 14.3 Å². The molecule has 0 fully saturated rings. The molecule has 0 aliphatic rings. The van der Waals surface area contributed by atoms with Crippen LogP contribution in [0.5, 0.6) is 5.75 Å². The Morgan fingerprint density at radius 3 is 2.20 bits per heavy atom. The number of methoxy groups -OCH3 is 1. The van der Waals surface area contributed by atoms with E-state index in [0.29, 0.717) is 30.6 Å². The molecular weight excluding hydrogens is 578 g/mol. The number of anilines is 1. The van der Waals surface area contributed by atoms with Gasteiger partial charge in [-0.2, -0.15) is 5.10 Å². The monoisotopic (exact) mass is 623 g/mol. The number of nitrogens with zero attached hydrogens (tertiary/aromatic N) is 2. The second-order valence-electron chi connectivity index (χ2n) is 11.9. The van der Waals surface area contributed by atoms with Crippen molar-refractivity contribution in [3.05, 3.63) is 78.1 Å². The number of carbonyl (C=O) groups is 4. The zero-order valence-corrected chi connectivity index (χ0v) is 25.9. The number of carboxylic acids is 1. The van der Waals surface area contributed by atoms with Crippen molar-refractivity contribution in [1.29, 1.82) is 0 Å². The molecule has 4 N–H and O–H groups in total. The second-order valence-corrected chi connectivity index (χ2v) is 11.9. The van der Waals surface area contributed by atoms with E-state index in [1.165, 1.54) is 38.0 Å². The summed E-state index contributed by atoms with van der Waals surface area (Å²) in [5, 5.41) is 22.1. The highest BCUT2D eigenvalue weighted by Gasteiger charge is 2.34. The van der Waals surface area contributed by atoms with E-state index in [2.05, 4.69) is 21.0 Å². The van der Waals surface area contributed by atoms with Gasteiger partial charge in [0.15, 0.2) is 6.04 Å².